The number of carbonyl (C=O) groups excluding carboxylic acids is 1. The molecule has 2 unspecified atom stereocenters. The lowest BCUT2D eigenvalue weighted by Crippen LogP contribution is -2.38. The highest BCUT2D eigenvalue weighted by molar-refractivity contribution is 7.66. The Bertz CT molecular complexity index is 1090. The van der Waals surface area contributed by atoms with Gasteiger partial charge in [0.15, 0.2) is 18.2 Å². The third-order valence-corrected chi connectivity index (χ3v) is 7.69. The quantitative estimate of drug-likeness (QED) is 0.190. The molecule has 1 amide bonds. The van der Waals surface area contributed by atoms with Crippen molar-refractivity contribution in [3.8, 4) is 0 Å². The Morgan fingerprint density at radius 3 is 2.31 bits per heavy atom. The molecule has 1 aromatic rings. The van der Waals surface area contributed by atoms with Crippen molar-refractivity contribution >= 4 is 29.4 Å². The maximum Gasteiger partial charge on any atom is 0.490 e. The molecule has 0 bridgehead atoms. The first kappa shape index (κ1) is 26.8. The second-order valence-corrected chi connectivity index (χ2v) is 10.4. The minimum Gasteiger partial charge on any atom is -0.385 e. The summed E-state index contributed by atoms with van der Waals surface area (Å²) < 4.78 is 69.7. The van der Waals surface area contributed by atoms with Crippen molar-refractivity contribution in [1.29, 1.82) is 0 Å². The van der Waals surface area contributed by atoms with Crippen molar-refractivity contribution in [3.05, 3.63) is 28.2 Å². The third-order valence-electron chi connectivity index (χ3n) is 3.47. The van der Waals surface area contributed by atoms with Gasteiger partial charge in [-0.15, -0.1) is 0 Å². The number of hydrogen-bond acceptors (Lipinski definition) is 13. The van der Waals surface area contributed by atoms with Crippen LogP contribution >= 0.6 is 23.5 Å². The molecule has 0 saturated carbocycles. The van der Waals surface area contributed by atoms with Gasteiger partial charge in [-0.2, -0.15) is 13.0 Å². The molecule has 6 atom stereocenters. The van der Waals surface area contributed by atoms with Gasteiger partial charge in [0.2, 0.25) is 5.95 Å². The molecule has 7 N–H and O–H groups in total. The van der Waals surface area contributed by atoms with Crippen LogP contribution in [0.15, 0.2) is 11.0 Å². The second kappa shape index (κ2) is 9.44. The van der Waals surface area contributed by atoms with Crippen molar-refractivity contribution in [1.82, 2.24) is 9.55 Å². The molecular weight excluding hydrogens is 514 g/mol. The third kappa shape index (κ3) is 6.33. The fourth-order valence-electron chi connectivity index (χ4n) is 2.27. The molecule has 22 heteroatoms. The van der Waals surface area contributed by atoms with Gasteiger partial charge < -0.3 is 35.4 Å². The lowest BCUT2D eigenvalue weighted by Gasteiger charge is -2.22. The van der Waals surface area contributed by atoms with E-state index in [1.807, 2.05) is 0 Å². The van der Waals surface area contributed by atoms with Gasteiger partial charge in [-0.1, -0.05) is 0 Å². The zero-order valence-electron chi connectivity index (χ0n) is 15.4. The number of aromatic nitrogens is 2. The summed E-state index contributed by atoms with van der Waals surface area (Å²) in [5.74, 6) is -2.86. The fraction of sp³-hybridized carbons (Fsp3) is 0.500. The van der Waals surface area contributed by atoms with Gasteiger partial charge in [-0.3, -0.25) is 23.2 Å². The summed E-state index contributed by atoms with van der Waals surface area (Å²) in [6.07, 6.45) is -8.24. The van der Waals surface area contributed by atoms with E-state index in [1.54, 1.807) is 0 Å². The summed E-state index contributed by atoms with van der Waals surface area (Å²) in [5.41, 5.74) is 2.44. The van der Waals surface area contributed by atoms with E-state index in [9.17, 15) is 42.8 Å². The van der Waals surface area contributed by atoms with Gasteiger partial charge in [-0.25, -0.2) is 18.7 Å². The summed E-state index contributed by atoms with van der Waals surface area (Å²) in [5, 5.41) is 20.1. The highest BCUT2D eigenvalue weighted by Crippen LogP contribution is 2.68. The van der Waals surface area contributed by atoms with Gasteiger partial charge in [0.25, 0.3) is 11.5 Å². The number of amides is 1. The van der Waals surface area contributed by atoms with Gasteiger partial charge >= 0.3 is 23.5 Å². The molecule has 2 rings (SSSR count). The normalized spacial score (nSPS) is 27.6. The van der Waals surface area contributed by atoms with Gasteiger partial charge in [0.05, 0.1) is 6.20 Å². The van der Waals surface area contributed by atoms with E-state index in [1.165, 1.54) is 0 Å². The van der Waals surface area contributed by atoms with Crippen LogP contribution in [0, 0.1) is 5.95 Å². The number of aliphatic hydroxyl groups excluding tert-OH is 2. The van der Waals surface area contributed by atoms with Crippen molar-refractivity contribution in [2.45, 2.75) is 24.7 Å². The molecule has 1 aromatic heterocycles. The largest absolute Gasteiger partial charge is 0.490 e. The molecule has 1 aliphatic heterocycles. The van der Waals surface area contributed by atoms with Crippen molar-refractivity contribution in [2.75, 3.05) is 7.11 Å². The number of phosphoric acid groups is 3. The Hall–Kier alpha value is -1.43. The Morgan fingerprint density at radius 2 is 1.81 bits per heavy atom. The first-order valence-corrected chi connectivity index (χ1v) is 12.2. The number of hydrogen-bond donors (Lipinski definition) is 6. The van der Waals surface area contributed by atoms with Gasteiger partial charge in [0, 0.05) is 7.11 Å². The van der Waals surface area contributed by atoms with Crippen LogP contribution in [0.4, 0.5) is 4.39 Å². The lowest BCUT2D eigenvalue weighted by molar-refractivity contribution is -0.136. The van der Waals surface area contributed by atoms with Crippen LogP contribution in [0.1, 0.15) is 16.7 Å². The van der Waals surface area contributed by atoms with Gasteiger partial charge in [0.1, 0.15) is 12.2 Å². The van der Waals surface area contributed by atoms with E-state index in [4.69, 9.17) is 20.3 Å². The van der Waals surface area contributed by atoms with Crippen LogP contribution in [0.5, 0.6) is 0 Å². The molecule has 1 aliphatic rings. The Labute approximate surface area is 175 Å². The molecule has 0 aromatic carbocycles. The predicted molar refractivity (Wildman–Crippen MR) is 92.6 cm³/mol. The minimum absolute atomic E-state index is 0.256. The Kier molecular flexibility index (Phi) is 7.91. The standard InChI is InChI=1S/C10H15FN3O15P3/c1-25-32(24,29-31(22,23)28-30(19,20)21)27-10-6(16)5(15)9(26-10)14-2-3(11)13-4(7(12)17)8(14)18/h2,5-6,9-10,15-16H,1H3,(H2,12,17)(H,22,23)(H2,19,20,21)/t5-,6+,9-,10-,32?/m1/s1. The molecular formula is C10H15FN3O15P3. The van der Waals surface area contributed by atoms with E-state index < -0.39 is 71.3 Å². The summed E-state index contributed by atoms with van der Waals surface area (Å²) in [6.45, 7) is 0. The monoisotopic (exact) mass is 529 g/mol. The van der Waals surface area contributed by atoms with E-state index in [2.05, 4.69) is 22.7 Å². The summed E-state index contributed by atoms with van der Waals surface area (Å²) >= 11 is 0. The Morgan fingerprint density at radius 1 is 1.22 bits per heavy atom. The SMILES string of the molecule is COP(=O)(O[C@H]1O[C@@H](n2cc(F)nc(C(N)=O)c2=O)[C@H](O)[C@@H]1O)OP(=O)(O)OP(=O)(O)O. The van der Waals surface area contributed by atoms with Crippen molar-refractivity contribution in [2.24, 2.45) is 5.73 Å². The van der Waals surface area contributed by atoms with Crippen LogP contribution in [0.25, 0.3) is 0 Å². The Balaban J connectivity index is 2.31. The lowest BCUT2D eigenvalue weighted by atomic mass is 10.2. The molecule has 32 heavy (non-hydrogen) atoms. The number of carbonyl (C=O) groups is 1. The number of nitrogens with zero attached hydrogens (tertiary/aromatic N) is 2. The summed E-state index contributed by atoms with van der Waals surface area (Å²) in [7, 11) is -16.1. The van der Waals surface area contributed by atoms with Crippen LogP contribution in [-0.2, 0) is 36.1 Å². The highest BCUT2D eigenvalue weighted by Gasteiger charge is 2.51. The van der Waals surface area contributed by atoms with Gasteiger partial charge in [-0.05, 0) is 0 Å². The number of halogens is 1. The molecule has 0 radical (unpaired) electrons. The average molecular weight is 529 g/mol. The molecule has 1 fully saturated rings. The second-order valence-electron chi connectivity index (χ2n) is 5.72. The number of phosphoric ester groups is 1. The number of rotatable bonds is 9. The highest BCUT2D eigenvalue weighted by atomic mass is 31.3. The first-order chi connectivity index (χ1) is 14.5. The topological polar surface area (TPSA) is 276 Å². The molecule has 0 spiro atoms. The maximum absolute atomic E-state index is 13.7. The van der Waals surface area contributed by atoms with E-state index in [-0.39, 0.29) is 4.57 Å². The number of aliphatic hydroxyl groups is 2. The van der Waals surface area contributed by atoms with E-state index >= 15 is 0 Å². The van der Waals surface area contributed by atoms with Crippen LogP contribution in [-0.4, -0.2) is 66.0 Å². The zero-order valence-corrected chi connectivity index (χ0v) is 18.1. The van der Waals surface area contributed by atoms with Crippen molar-refractivity contribution < 1.29 is 70.2 Å². The van der Waals surface area contributed by atoms with Crippen LogP contribution in [0.2, 0.25) is 0 Å². The zero-order chi connectivity index (χ0) is 24.6. The average Bonchev–Trinajstić information content (AvgIpc) is 2.88. The number of ether oxygens (including phenoxy) is 1. The molecule has 182 valence electrons. The smallest absolute Gasteiger partial charge is 0.385 e. The van der Waals surface area contributed by atoms with Crippen LogP contribution in [0.3, 0.4) is 0 Å². The number of primary amides is 1. The predicted octanol–water partition coefficient (Wildman–Crippen LogP) is -1.94. The van der Waals surface area contributed by atoms with E-state index in [0.717, 1.165) is 0 Å². The molecule has 1 saturated heterocycles. The minimum atomic E-state index is -5.79. The fourth-order valence-corrected chi connectivity index (χ4v) is 5.68. The molecule has 18 nitrogen and oxygen atoms in total. The van der Waals surface area contributed by atoms with Crippen LogP contribution < -0.4 is 11.3 Å². The van der Waals surface area contributed by atoms with E-state index in [0.29, 0.717) is 13.3 Å². The van der Waals surface area contributed by atoms with Crippen molar-refractivity contribution in [3.63, 3.8) is 0 Å². The molecule has 2 heterocycles. The maximum atomic E-state index is 13.7. The first-order valence-electron chi connectivity index (χ1n) is 7.74. The summed E-state index contributed by atoms with van der Waals surface area (Å²) in [4.78, 5) is 52.8. The number of nitrogens with two attached hydrogens (primary N) is 1. The summed E-state index contributed by atoms with van der Waals surface area (Å²) in [6, 6.07) is 0. The molecule has 0 aliphatic carbocycles.